The van der Waals surface area contributed by atoms with Crippen LogP contribution in [-0.4, -0.2) is 47.0 Å². The molecule has 0 bridgehead atoms. The van der Waals surface area contributed by atoms with Crippen LogP contribution in [0.2, 0.25) is 0 Å². The number of hydrogen-bond acceptors (Lipinski definition) is 4. The Morgan fingerprint density at radius 3 is 2.17 bits per heavy atom. The fourth-order valence-corrected chi connectivity index (χ4v) is 3.30. The molecule has 0 N–H and O–H groups in total. The second-order valence-electron chi connectivity index (χ2n) is 6.97. The molecular formula is C23H20F2N4O. The van der Waals surface area contributed by atoms with Crippen LogP contribution in [0.25, 0.3) is 17.3 Å². The van der Waals surface area contributed by atoms with Gasteiger partial charge in [-0.3, -0.25) is 4.79 Å². The smallest absolute Gasteiger partial charge is 0.246 e. The number of halogens is 2. The van der Waals surface area contributed by atoms with Gasteiger partial charge in [0.15, 0.2) is 0 Å². The van der Waals surface area contributed by atoms with Crippen molar-refractivity contribution < 1.29 is 13.6 Å². The molecule has 7 heteroatoms. The summed E-state index contributed by atoms with van der Waals surface area (Å²) in [5, 5.41) is 0. The van der Waals surface area contributed by atoms with Gasteiger partial charge in [-0.2, -0.15) is 0 Å². The van der Waals surface area contributed by atoms with E-state index in [4.69, 9.17) is 0 Å². The summed E-state index contributed by atoms with van der Waals surface area (Å²) in [6.45, 7) is 2.44. The van der Waals surface area contributed by atoms with E-state index in [1.807, 2.05) is 6.07 Å². The second-order valence-corrected chi connectivity index (χ2v) is 6.97. The lowest BCUT2D eigenvalue weighted by molar-refractivity contribution is -0.126. The summed E-state index contributed by atoms with van der Waals surface area (Å²) in [5.41, 5.74) is 2.32. The summed E-state index contributed by atoms with van der Waals surface area (Å²) in [6, 6.07) is 14.0. The zero-order valence-corrected chi connectivity index (χ0v) is 16.2. The first-order valence-corrected chi connectivity index (χ1v) is 9.64. The van der Waals surface area contributed by atoms with Gasteiger partial charge in [-0.25, -0.2) is 18.7 Å². The summed E-state index contributed by atoms with van der Waals surface area (Å²) in [5.74, 6) is 0.108. The number of piperazine rings is 1. The first-order valence-electron chi connectivity index (χ1n) is 9.64. The number of carbonyl (C=O) groups is 1. The maximum Gasteiger partial charge on any atom is 0.246 e. The molecule has 0 spiro atoms. The maximum absolute atomic E-state index is 13.1. The van der Waals surface area contributed by atoms with Gasteiger partial charge < -0.3 is 9.80 Å². The van der Waals surface area contributed by atoms with Crippen LogP contribution in [0, 0.1) is 11.6 Å². The van der Waals surface area contributed by atoms with Crippen molar-refractivity contribution in [1.82, 2.24) is 14.9 Å². The van der Waals surface area contributed by atoms with Crippen molar-refractivity contribution in [3.63, 3.8) is 0 Å². The first-order chi connectivity index (χ1) is 14.6. The van der Waals surface area contributed by atoms with Gasteiger partial charge in [0.1, 0.15) is 23.8 Å². The zero-order valence-electron chi connectivity index (χ0n) is 16.2. The van der Waals surface area contributed by atoms with Crippen LogP contribution in [0.1, 0.15) is 5.56 Å². The Morgan fingerprint density at radius 2 is 1.50 bits per heavy atom. The third-order valence-electron chi connectivity index (χ3n) is 5.00. The molecule has 0 unspecified atom stereocenters. The van der Waals surface area contributed by atoms with Gasteiger partial charge in [0.25, 0.3) is 0 Å². The maximum atomic E-state index is 13.1. The van der Waals surface area contributed by atoms with Gasteiger partial charge in [0.05, 0.1) is 5.69 Å². The molecule has 1 saturated heterocycles. The SMILES string of the molecule is O=C(/C=C\c1ccc(F)cc1)N1CCN(c2cc(-c3ccc(F)cc3)ncn2)CC1. The highest BCUT2D eigenvalue weighted by Gasteiger charge is 2.21. The lowest BCUT2D eigenvalue weighted by Crippen LogP contribution is -2.48. The largest absolute Gasteiger partial charge is 0.353 e. The third-order valence-corrected chi connectivity index (χ3v) is 5.00. The van der Waals surface area contributed by atoms with Crippen LogP contribution >= 0.6 is 0 Å². The molecule has 152 valence electrons. The van der Waals surface area contributed by atoms with E-state index in [1.165, 1.54) is 36.7 Å². The molecule has 30 heavy (non-hydrogen) atoms. The number of nitrogens with zero attached hydrogens (tertiary/aromatic N) is 4. The Balaban J connectivity index is 1.37. The van der Waals surface area contributed by atoms with E-state index in [-0.39, 0.29) is 17.5 Å². The predicted molar refractivity (Wildman–Crippen MR) is 112 cm³/mol. The van der Waals surface area contributed by atoms with Crippen molar-refractivity contribution in [3.8, 4) is 11.3 Å². The summed E-state index contributed by atoms with van der Waals surface area (Å²) in [4.78, 5) is 24.9. The van der Waals surface area contributed by atoms with Gasteiger partial charge in [0.2, 0.25) is 5.91 Å². The topological polar surface area (TPSA) is 49.3 Å². The van der Waals surface area contributed by atoms with E-state index in [0.717, 1.165) is 22.6 Å². The Hall–Kier alpha value is -3.61. The number of rotatable bonds is 4. The molecule has 0 aliphatic carbocycles. The first kappa shape index (κ1) is 19.7. The van der Waals surface area contributed by atoms with Gasteiger partial charge >= 0.3 is 0 Å². The molecule has 1 aliphatic heterocycles. The highest BCUT2D eigenvalue weighted by atomic mass is 19.1. The van der Waals surface area contributed by atoms with E-state index in [2.05, 4.69) is 14.9 Å². The van der Waals surface area contributed by atoms with E-state index >= 15 is 0 Å². The zero-order chi connectivity index (χ0) is 20.9. The fourth-order valence-electron chi connectivity index (χ4n) is 3.30. The molecule has 3 aromatic rings. The highest BCUT2D eigenvalue weighted by Crippen LogP contribution is 2.22. The van der Waals surface area contributed by atoms with Crippen LogP contribution in [0.4, 0.5) is 14.6 Å². The van der Waals surface area contributed by atoms with Crippen LogP contribution in [0.15, 0.2) is 67.0 Å². The molecule has 1 fully saturated rings. The number of aromatic nitrogens is 2. The number of amides is 1. The Labute approximate surface area is 173 Å². The average Bonchev–Trinajstić information content (AvgIpc) is 2.79. The van der Waals surface area contributed by atoms with E-state index in [9.17, 15) is 13.6 Å². The minimum Gasteiger partial charge on any atom is -0.353 e. The van der Waals surface area contributed by atoms with E-state index in [1.54, 1.807) is 35.2 Å². The number of hydrogen-bond donors (Lipinski definition) is 0. The third kappa shape index (κ3) is 4.68. The predicted octanol–water partition coefficient (Wildman–Crippen LogP) is 3.78. The summed E-state index contributed by atoms with van der Waals surface area (Å²) < 4.78 is 26.1. The fraction of sp³-hybridized carbons (Fsp3) is 0.174. The Morgan fingerprint density at radius 1 is 0.867 bits per heavy atom. The van der Waals surface area contributed by atoms with Gasteiger partial charge in [-0.05, 0) is 48.0 Å². The number of carbonyl (C=O) groups excluding carboxylic acids is 1. The molecule has 2 heterocycles. The van der Waals surface area contributed by atoms with Crippen molar-refractivity contribution in [3.05, 3.63) is 84.2 Å². The molecule has 1 aliphatic rings. The minimum atomic E-state index is -0.304. The second kappa shape index (κ2) is 8.82. The average molecular weight is 406 g/mol. The summed E-state index contributed by atoms with van der Waals surface area (Å²) in [7, 11) is 0. The lowest BCUT2D eigenvalue weighted by atomic mass is 10.1. The van der Waals surface area contributed by atoms with Crippen molar-refractivity contribution in [2.75, 3.05) is 31.1 Å². The van der Waals surface area contributed by atoms with Crippen molar-refractivity contribution in [2.45, 2.75) is 0 Å². The molecule has 5 nitrogen and oxygen atoms in total. The molecule has 0 atom stereocenters. The molecular weight excluding hydrogens is 386 g/mol. The Kier molecular flexibility index (Phi) is 5.79. The molecule has 1 aromatic heterocycles. The van der Waals surface area contributed by atoms with Gasteiger partial charge in [0, 0.05) is 43.9 Å². The molecule has 0 radical (unpaired) electrons. The standard InChI is InChI=1S/C23H20F2N4O/c24-19-6-1-17(2-7-19)3-10-23(30)29-13-11-28(12-14-29)22-15-21(26-16-27-22)18-4-8-20(25)9-5-18/h1-10,15-16H,11-14H2/b10-3-. The van der Waals surface area contributed by atoms with Gasteiger partial charge in [-0.15, -0.1) is 0 Å². The van der Waals surface area contributed by atoms with Crippen LogP contribution in [0.5, 0.6) is 0 Å². The lowest BCUT2D eigenvalue weighted by Gasteiger charge is -2.35. The number of anilines is 1. The molecule has 4 rings (SSSR count). The van der Waals surface area contributed by atoms with Crippen molar-refractivity contribution in [1.29, 1.82) is 0 Å². The molecule has 1 amide bonds. The van der Waals surface area contributed by atoms with Crippen molar-refractivity contribution in [2.24, 2.45) is 0 Å². The summed E-state index contributed by atoms with van der Waals surface area (Å²) >= 11 is 0. The monoisotopic (exact) mass is 406 g/mol. The van der Waals surface area contributed by atoms with E-state index in [0.29, 0.717) is 26.2 Å². The quantitative estimate of drug-likeness (QED) is 0.619. The van der Waals surface area contributed by atoms with Crippen LogP contribution < -0.4 is 4.90 Å². The Bertz CT molecular complexity index is 1040. The van der Waals surface area contributed by atoms with E-state index < -0.39 is 0 Å². The minimum absolute atomic E-state index is 0.0753. The van der Waals surface area contributed by atoms with Crippen LogP contribution in [0.3, 0.4) is 0 Å². The number of benzene rings is 2. The molecule has 0 saturated carbocycles. The van der Waals surface area contributed by atoms with Crippen LogP contribution in [-0.2, 0) is 4.79 Å². The highest BCUT2D eigenvalue weighted by molar-refractivity contribution is 5.92. The summed E-state index contributed by atoms with van der Waals surface area (Å²) in [6.07, 6.45) is 4.70. The van der Waals surface area contributed by atoms with Crippen molar-refractivity contribution >= 4 is 17.8 Å². The normalized spacial score (nSPS) is 14.3. The molecule has 2 aromatic carbocycles. The van der Waals surface area contributed by atoms with Gasteiger partial charge in [-0.1, -0.05) is 12.1 Å².